The minimum Gasteiger partial charge on any atom is -0.399 e. The summed E-state index contributed by atoms with van der Waals surface area (Å²) in [5.74, 6) is 0. The second kappa shape index (κ2) is 4.36. The van der Waals surface area contributed by atoms with Gasteiger partial charge < -0.3 is 5.73 Å². The van der Waals surface area contributed by atoms with Gasteiger partial charge in [-0.3, -0.25) is 5.41 Å². The van der Waals surface area contributed by atoms with Crippen molar-refractivity contribution in [3.8, 4) is 0 Å². The molecule has 0 aromatic rings. The standard InChI is InChI=1S/C9H16N2S/c1-7(10)5-6-9(3,4)12-8(2)11/h5-6,11H,1,10H2,2-4H3/b6-5-,11-8?. The molecular formula is C9H16N2S. The van der Waals surface area contributed by atoms with Crippen molar-refractivity contribution >= 4 is 16.8 Å². The molecule has 0 saturated heterocycles. The average molecular weight is 184 g/mol. The maximum Gasteiger partial charge on any atom is 0.0618 e. The second-order valence-corrected chi connectivity index (χ2v) is 5.04. The zero-order valence-corrected chi connectivity index (χ0v) is 8.66. The molecule has 0 aliphatic heterocycles. The van der Waals surface area contributed by atoms with Gasteiger partial charge in [0.2, 0.25) is 0 Å². The van der Waals surface area contributed by atoms with Crippen LogP contribution in [0, 0.1) is 5.41 Å². The molecule has 0 amide bonds. The van der Waals surface area contributed by atoms with Crippen LogP contribution in [0.1, 0.15) is 20.8 Å². The van der Waals surface area contributed by atoms with Crippen LogP contribution in [0.25, 0.3) is 0 Å². The number of rotatable bonds is 3. The fraction of sp³-hybridized carbons (Fsp3) is 0.444. The van der Waals surface area contributed by atoms with Crippen LogP contribution in [-0.4, -0.2) is 9.79 Å². The Kier molecular flexibility index (Phi) is 4.10. The van der Waals surface area contributed by atoms with Crippen molar-refractivity contribution < 1.29 is 0 Å². The molecule has 0 atom stereocenters. The lowest BCUT2D eigenvalue weighted by Crippen LogP contribution is -2.12. The largest absolute Gasteiger partial charge is 0.399 e. The van der Waals surface area contributed by atoms with Crippen molar-refractivity contribution in [2.45, 2.75) is 25.5 Å². The molecule has 0 heterocycles. The maximum atomic E-state index is 7.31. The molecule has 0 fully saturated rings. The highest BCUT2D eigenvalue weighted by molar-refractivity contribution is 8.15. The van der Waals surface area contributed by atoms with Crippen LogP contribution in [-0.2, 0) is 0 Å². The van der Waals surface area contributed by atoms with Crippen molar-refractivity contribution in [3.05, 3.63) is 24.4 Å². The Morgan fingerprint density at radius 3 is 2.42 bits per heavy atom. The monoisotopic (exact) mass is 184 g/mol. The summed E-state index contributed by atoms with van der Waals surface area (Å²) in [5.41, 5.74) is 5.93. The number of nitrogens with two attached hydrogens (primary N) is 1. The van der Waals surface area contributed by atoms with Gasteiger partial charge in [0.1, 0.15) is 0 Å². The molecule has 0 unspecified atom stereocenters. The summed E-state index contributed by atoms with van der Waals surface area (Å²) >= 11 is 1.50. The van der Waals surface area contributed by atoms with Gasteiger partial charge in [-0.1, -0.05) is 12.7 Å². The summed E-state index contributed by atoms with van der Waals surface area (Å²) in [6, 6.07) is 0. The van der Waals surface area contributed by atoms with Gasteiger partial charge in [-0.2, -0.15) is 0 Å². The normalized spacial score (nSPS) is 11.9. The van der Waals surface area contributed by atoms with E-state index in [1.165, 1.54) is 11.8 Å². The highest BCUT2D eigenvalue weighted by Crippen LogP contribution is 2.26. The molecule has 0 rings (SSSR count). The van der Waals surface area contributed by atoms with Crippen molar-refractivity contribution in [1.29, 1.82) is 5.41 Å². The van der Waals surface area contributed by atoms with Crippen LogP contribution >= 0.6 is 11.8 Å². The Morgan fingerprint density at radius 1 is 1.58 bits per heavy atom. The summed E-state index contributed by atoms with van der Waals surface area (Å²) in [7, 11) is 0. The average Bonchev–Trinajstić information content (AvgIpc) is 1.81. The first-order valence-electron chi connectivity index (χ1n) is 3.71. The Hall–Kier alpha value is -0.700. The van der Waals surface area contributed by atoms with Crippen LogP contribution < -0.4 is 5.73 Å². The van der Waals surface area contributed by atoms with E-state index in [0.29, 0.717) is 10.7 Å². The lowest BCUT2D eigenvalue weighted by molar-refractivity contribution is 0.903. The maximum absolute atomic E-state index is 7.31. The Morgan fingerprint density at radius 2 is 2.08 bits per heavy atom. The second-order valence-electron chi connectivity index (χ2n) is 3.17. The molecule has 0 saturated carbocycles. The van der Waals surface area contributed by atoms with Crippen molar-refractivity contribution in [1.82, 2.24) is 0 Å². The molecule has 0 spiro atoms. The van der Waals surface area contributed by atoms with Gasteiger partial charge in [-0.05, 0) is 26.8 Å². The van der Waals surface area contributed by atoms with Gasteiger partial charge in [-0.25, -0.2) is 0 Å². The Balaban J connectivity index is 4.21. The Labute approximate surface area is 78.4 Å². The van der Waals surface area contributed by atoms with E-state index in [4.69, 9.17) is 11.1 Å². The fourth-order valence-electron chi connectivity index (χ4n) is 0.736. The van der Waals surface area contributed by atoms with Crippen molar-refractivity contribution in [2.75, 3.05) is 0 Å². The number of thioether (sulfide) groups is 1. The summed E-state index contributed by atoms with van der Waals surface area (Å²) in [6.45, 7) is 9.41. The highest BCUT2D eigenvalue weighted by Gasteiger charge is 2.14. The van der Waals surface area contributed by atoms with E-state index in [0.717, 1.165) is 0 Å². The number of nitrogens with one attached hydrogen (secondary N) is 1. The third-order valence-electron chi connectivity index (χ3n) is 1.11. The smallest absolute Gasteiger partial charge is 0.0618 e. The van der Waals surface area contributed by atoms with Crippen molar-refractivity contribution in [2.24, 2.45) is 5.73 Å². The number of allylic oxidation sites excluding steroid dienone is 1. The van der Waals surface area contributed by atoms with E-state index >= 15 is 0 Å². The van der Waals surface area contributed by atoms with Gasteiger partial charge >= 0.3 is 0 Å². The third-order valence-corrected chi connectivity index (χ3v) is 2.08. The van der Waals surface area contributed by atoms with Crippen LogP contribution in [0.2, 0.25) is 0 Å². The van der Waals surface area contributed by atoms with Gasteiger partial charge in [0, 0.05) is 10.4 Å². The SMILES string of the molecule is C=C(N)/C=C\C(C)(C)SC(C)=N. The van der Waals surface area contributed by atoms with E-state index in [1.807, 2.05) is 19.9 Å². The summed E-state index contributed by atoms with van der Waals surface area (Å²) < 4.78 is -0.0753. The number of hydrogen-bond acceptors (Lipinski definition) is 3. The predicted molar refractivity (Wildman–Crippen MR) is 57.5 cm³/mol. The topological polar surface area (TPSA) is 49.9 Å². The first-order valence-corrected chi connectivity index (χ1v) is 4.53. The predicted octanol–water partition coefficient (Wildman–Crippen LogP) is 2.52. The molecule has 12 heavy (non-hydrogen) atoms. The first-order chi connectivity index (χ1) is 5.33. The van der Waals surface area contributed by atoms with E-state index in [-0.39, 0.29) is 4.75 Å². The molecule has 68 valence electrons. The molecule has 0 aliphatic rings. The molecule has 2 nitrogen and oxygen atoms in total. The van der Waals surface area contributed by atoms with Crippen LogP contribution in [0.15, 0.2) is 24.4 Å². The summed E-state index contributed by atoms with van der Waals surface area (Å²) in [4.78, 5) is 0. The quantitative estimate of drug-likeness (QED) is 0.402. The first kappa shape index (κ1) is 11.3. The van der Waals surface area contributed by atoms with E-state index < -0.39 is 0 Å². The minimum atomic E-state index is -0.0753. The molecule has 0 aromatic carbocycles. The van der Waals surface area contributed by atoms with Crippen LogP contribution in [0.4, 0.5) is 0 Å². The molecule has 3 heteroatoms. The summed E-state index contributed by atoms with van der Waals surface area (Å²) in [5, 5.41) is 7.92. The molecule has 0 radical (unpaired) electrons. The lowest BCUT2D eigenvalue weighted by Gasteiger charge is -2.18. The van der Waals surface area contributed by atoms with Gasteiger partial charge in [0.15, 0.2) is 0 Å². The third kappa shape index (κ3) is 6.04. The molecule has 0 aliphatic carbocycles. The minimum absolute atomic E-state index is 0.0753. The zero-order valence-electron chi connectivity index (χ0n) is 7.85. The summed E-state index contributed by atoms with van der Waals surface area (Å²) in [6.07, 6.45) is 3.73. The molecule has 0 bridgehead atoms. The van der Waals surface area contributed by atoms with Gasteiger partial charge in [-0.15, -0.1) is 11.8 Å². The van der Waals surface area contributed by atoms with Gasteiger partial charge in [0.05, 0.1) is 5.04 Å². The molecule has 0 aromatic heterocycles. The lowest BCUT2D eigenvalue weighted by atomic mass is 10.2. The van der Waals surface area contributed by atoms with E-state index in [9.17, 15) is 0 Å². The van der Waals surface area contributed by atoms with Crippen LogP contribution in [0.5, 0.6) is 0 Å². The number of hydrogen-bond donors (Lipinski definition) is 2. The fourth-order valence-corrected chi connectivity index (χ4v) is 1.66. The zero-order chi connectivity index (χ0) is 9.78. The molecular weight excluding hydrogens is 168 g/mol. The van der Waals surface area contributed by atoms with Crippen molar-refractivity contribution in [3.63, 3.8) is 0 Å². The Bertz CT molecular complexity index is 217. The molecule has 3 N–H and O–H groups in total. The van der Waals surface area contributed by atoms with E-state index in [2.05, 4.69) is 6.58 Å². The van der Waals surface area contributed by atoms with E-state index in [1.54, 1.807) is 13.0 Å². The van der Waals surface area contributed by atoms with Gasteiger partial charge in [0.25, 0.3) is 0 Å². The highest BCUT2D eigenvalue weighted by atomic mass is 32.2. The van der Waals surface area contributed by atoms with Crippen LogP contribution in [0.3, 0.4) is 0 Å².